The Bertz CT molecular complexity index is 583. The van der Waals surface area contributed by atoms with E-state index in [0.29, 0.717) is 0 Å². The van der Waals surface area contributed by atoms with Crippen LogP contribution in [-0.2, 0) is 0 Å². The summed E-state index contributed by atoms with van der Waals surface area (Å²) in [5.41, 5.74) is 1.22. The minimum atomic E-state index is 0.249. The zero-order chi connectivity index (χ0) is 12.4. The van der Waals surface area contributed by atoms with Crippen molar-refractivity contribution in [3.05, 3.63) is 48.0 Å². The monoisotopic (exact) mass is 238 g/mol. The van der Waals surface area contributed by atoms with Crippen molar-refractivity contribution in [2.75, 3.05) is 0 Å². The summed E-state index contributed by atoms with van der Waals surface area (Å²) in [7, 11) is 0. The van der Waals surface area contributed by atoms with Crippen LogP contribution < -0.4 is 4.74 Å². The molecular weight excluding hydrogens is 220 g/mol. The third kappa shape index (κ3) is 2.01. The Hall–Kier alpha value is -1.76. The van der Waals surface area contributed by atoms with Crippen molar-refractivity contribution in [2.45, 2.75) is 32.3 Å². The molecule has 92 valence electrons. The molecule has 2 aromatic rings. The molecule has 0 amide bonds. The van der Waals surface area contributed by atoms with Crippen LogP contribution in [0, 0.1) is 0 Å². The van der Waals surface area contributed by atoms with Crippen LogP contribution in [0.15, 0.2) is 42.5 Å². The summed E-state index contributed by atoms with van der Waals surface area (Å²) in [6.45, 7) is 2.22. The topological polar surface area (TPSA) is 9.23 Å². The maximum Gasteiger partial charge on any atom is 0.128 e. The van der Waals surface area contributed by atoms with Crippen LogP contribution in [-0.4, -0.2) is 6.10 Å². The van der Waals surface area contributed by atoms with E-state index in [1.54, 1.807) is 0 Å². The normalized spacial score (nSPS) is 17.5. The fourth-order valence-electron chi connectivity index (χ4n) is 2.52. The number of benzene rings is 2. The summed E-state index contributed by atoms with van der Waals surface area (Å²) in [5, 5.41) is 2.55. The molecule has 1 unspecified atom stereocenters. The van der Waals surface area contributed by atoms with Crippen LogP contribution in [0.2, 0.25) is 0 Å². The summed E-state index contributed by atoms with van der Waals surface area (Å²) in [6.07, 6.45) is 8.22. The van der Waals surface area contributed by atoms with Gasteiger partial charge in [-0.05, 0) is 35.8 Å². The van der Waals surface area contributed by atoms with Crippen molar-refractivity contribution in [2.24, 2.45) is 0 Å². The van der Waals surface area contributed by atoms with Gasteiger partial charge in [-0.1, -0.05) is 49.8 Å². The largest absolute Gasteiger partial charge is 0.486 e. The highest BCUT2D eigenvalue weighted by Crippen LogP contribution is 2.33. The average Bonchev–Trinajstić information content (AvgIpc) is 2.44. The number of fused-ring (bicyclic) bond motifs is 3. The second-order valence-electron chi connectivity index (χ2n) is 4.86. The predicted molar refractivity (Wildman–Crippen MR) is 76.9 cm³/mol. The van der Waals surface area contributed by atoms with E-state index in [4.69, 9.17) is 4.74 Å². The third-order valence-electron chi connectivity index (χ3n) is 3.53. The molecular formula is C17H18O. The van der Waals surface area contributed by atoms with Crippen LogP contribution in [0.25, 0.3) is 16.8 Å². The highest BCUT2D eigenvalue weighted by molar-refractivity contribution is 5.93. The zero-order valence-electron chi connectivity index (χ0n) is 10.7. The standard InChI is InChI=1S/C17H18O/c1-2-3-7-14-10-11-16-15-8-5-4-6-13(15)9-12-17(16)18-14/h4-6,8-12,14H,2-3,7H2,1H3. The lowest BCUT2D eigenvalue weighted by Crippen LogP contribution is -2.16. The predicted octanol–water partition coefficient (Wildman–Crippen LogP) is 4.80. The van der Waals surface area contributed by atoms with Crippen molar-refractivity contribution in [1.29, 1.82) is 0 Å². The molecule has 1 aliphatic heterocycles. The Labute approximate surface area is 108 Å². The molecule has 3 rings (SSSR count). The molecule has 2 aromatic carbocycles. The maximum absolute atomic E-state index is 6.06. The molecule has 0 spiro atoms. The summed E-state index contributed by atoms with van der Waals surface area (Å²) >= 11 is 0. The average molecular weight is 238 g/mol. The molecule has 0 aliphatic carbocycles. The SMILES string of the molecule is CCCCC1C=Cc2c(ccc3ccccc23)O1. The Morgan fingerprint density at radius 2 is 2.00 bits per heavy atom. The number of rotatable bonds is 3. The van der Waals surface area contributed by atoms with Crippen LogP contribution in [0.4, 0.5) is 0 Å². The molecule has 0 fully saturated rings. The molecule has 0 radical (unpaired) electrons. The summed E-state index contributed by atoms with van der Waals surface area (Å²) in [5.74, 6) is 1.03. The van der Waals surface area contributed by atoms with E-state index in [9.17, 15) is 0 Å². The molecule has 0 saturated carbocycles. The van der Waals surface area contributed by atoms with E-state index in [1.807, 2.05) is 0 Å². The molecule has 1 atom stereocenters. The van der Waals surface area contributed by atoms with Crippen molar-refractivity contribution in [3.8, 4) is 5.75 Å². The fourth-order valence-corrected chi connectivity index (χ4v) is 2.52. The van der Waals surface area contributed by atoms with E-state index in [-0.39, 0.29) is 6.10 Å². The summed E-state index contributed by atoms with van der Waals surface area (Å²) < 4.78 is 6.06. The van der Waals surface area contributed by atoms with Crippen molar-refractivity contribution in [3.63, 3.8) is 0 Å². The van der Waals surface area contributed by atoms with E-state index >= 15 is 0 Å². The molecule has 0 N–H and O–H groups in total. The number of hydrogen-bond donors (Lipinski definition) is 0. The molecule has 0 bridgehead atoms. The van der Waals surface area contributed by atoms with Gasteiger partial charge in [0.05, 0.1) is 0 Å². The van der Waals surface area contributed by atoms with E-state index in [1.165, 1.54) is 29.2 Å². The minimum Gasteiger partial charge on any atom is -0.486 e. The second kappa shape index (κ2) is 4.85. The molecule has 0 saturated heterocycles. The van der Waals surface area contributed by atoms with Gasteiger partial charge >= 0.3 is 0 Å². The molecule has 1 aliphatic rings. The van der Waals surface area contributed by atoms with Gasteiger partial charge in [-0.25, -0.2) is 0 Å². The lowest BCUT2D eigenvalue weighted by Gasteiger charge is -2.22. The van der Waals surface area contributed by atoms with E-state index < -0.39 is 0 Å². The molecule has 1 heteroatoms. The van der Waals surface area contributed by atoms with Gasteiger partial charge in [-0.2, -0.15) is 0 Å². The van der Waals surface area contributed by atoms with Gasteiger partial charge in [0.25, 0.3) is 0 Å². The van der Waals surface area contributed by atoms with Crippen LogP contribution in [0.3, 0.4) is 0 Å². The van der Waals surface area contributed by atoms with E-state index in [0.717, 1.165) is 12.2 Å². The first-order valence-corrected chi connectivity index (χ1v) is 6.75. The van der Waals surface area contributed by atoms with Crippen molar-refractivity contribution >= 4 is 16.8 Å². The Kier molecular flexibility index (Phi) is 3.06. The van der Waals surface area contributed by atoms with Crippen LogP contribution in [0.1, 0.15) is 31.7 Å². The molecule has 1 heterocycles. The van der Waals surface area contributed by atoms with Gasteiger partial charge in [-0.3, -0.25) is 0 Å². The third-order valence-corrected chi connectivity index (χ3v) is 3.53. The first-order chi connectivity index (χ1) is 8.88. The van der Waals surface area contributed by atoms with Gasteiger partial charge in [0.15, 0.2) is 0 Å². The maximum atomic E-state index is 6.06. The zero-order valence-corrected chi connectivity index (χ0v) is 10.7. The van der Waals surface area contributed by atoms with E-state index in [2.05, 4.69) is 55.5 Å². The molecule has 1 nitrogen and oxygen atoms in total. The first kappa shape index (κ1) is 11.3. The second-order valence-corrected chi connectivity index (χ2v) is 4.86. The minimum absolute atomic E-state index is 0.249. The Morgan fingerprint density at radius 1 is 1.11 bits per heavy atom. The number of ether oxygens (including phenoxy) is 1. The number of unbranched alkanes of at least 4 members (excludes halogenated alkanes) is 1. The number of hydrogen-bond acceptors (Lipinski definition) is 1. The van der Waals surface area contributed by atoms with Crippen molar-refractivity contribution < 1.29 is 4.74 Å². The van der Waals surface area contributed by atoms with Gasteiger partial charge in [0, 0.05) is 5.56 Å². The lowest BCUT2D eigenvalue weighted by atomic mass is 10.00. The van der Waals surface area contributed by atoms with Crippen LogP contribution >= 0.6 is 0 Å². The Morgan fingerprint density at radius 3 is 2.89 bits per heavy atom. The van der Waals surface area contributed by atoms with Gasteiger partial charge in [-0.15, -0.1) is 0 Å². The molecule has 0 aromatic heterocycles. The summed E-state index contributed by atoms with van der Waals surface area (Å²) in [6, 6.07) is 12.7. The van der Waals surface area contributed by atoms with Gasteiger partial charge < -0.3 is 4.74 Å². The summed E-state index contributed by atoms with van der Waals surface area (Å²) in [4.78, 5) is 0. The Balaban J connectivity index is 1.96. The van der Waals surface area contributed by atoms with Crippen molar-refractivity contribution in [1.82, 2.24) is 0 Å². The smallest absolute Gasteiger partial charge is 0.128 e. The fraction of sp³-hybridized carbons (Fsp3) is 0.294. The van der Waals surface area contributed by atoms with Crippen LogP contribution in [0.5, 0.6) is 5.75 Å². The first-order valence-electron chi connectivity index (χ1n) is 6.75. The highest BCUT2D eigenvalue weighted by atomic mass is 16.5. The van der Waals surface area contributed by atoms with Gasteiger partial charge in [0.2, 0.25) is 0 Å². The lowest BCUT2D eigenvalue weighted by molar-refractivity contribution is 0.232. The molecule has 18 heavy (non-hydrogen) atoms. The highest BCUT2D eigenvalue weighted by Gasteiger charge is 2.15. The van der Waals surface area contributed by atoms with Gasteiger partial charge in [0.1, 0.15) is 11.9 Å². The quantitative estimate of drug-likeness (QED) is 0.746.